The van der Waals surface area contributed by atoms with E-state index in [0.717, 1.165) is 12.8 Å². The third-order valence-electron chi connectivity index (χ3n) is 3.79. The fourth-order valence-electron chi connectivity index (χ4n) is 2.51. The summed E-state index contributed by atoms with van der Waals surface area (Å²) >= 11 is 3.14. The van der Waals surface area contributed by atoms with E-state index in [4.69, 9.17) is 5.73 Å². The number of hydrogen-bond donors (Lipinski definition) is 1. The summed E-state index contributed by atoms with van der Waals surface area (Å²) in [6.45, 7) is 3.37. The molecule has 5 heteroatoms. The van der Waals surface area contributed by atoms with Gasteiger partial charge >= 0.3 is 0 Å². The Hall–Kier alpha value is -0.940. The topological polar surface area (TPSA) is 46.3 Å². The number of likely N-dealkylation sites (tertiary alicyclic amines) is 1. The molecule has 19 heavy (non-hydrogen) atoms. The number of amides is 1. The maximum atomic E-state index is 13.5. The highest BCUT2D eigenvalue weighted by Gasteiger charge is 2.29. The molecule has 0 aliphatic carbocycles. The number of carbonyl (C=O) groups excluding carboxylic acids is 1. The maximum Gasteiger partial charge on any atom is 0.255 e. The van der Waals surface area contributed by atoms with E-state index in [-0.39, 0.29) is 16.4 Å². The van der Waals surface area contributed by atoms with E-state index in [0.29, 0.717) is 24.6 Å². The first kappa shape index (κ1) is 14.5. The predicted octanol–water partition coefficient (Wildman–Crippen LogP) is 2.79. The van der Waals surface area contributed by atoms with Crippen LogP contribution in [0, 0.1) is 11.7 Å². The second-order valence-corrected chi connectivity index (χ2v) is 5.77. The van der Waals surface area contributed by atoms with Crippen LogP contribution in [0.25, 0.3) is 0 Å². The third-order valence-corrected chi connectivity index (χ3v) is 4.59. The molecule has 2 N–H and O–H groups in total. The fourth-order valence-corrected chi connectivity index (χ4v) is 2.94. The van der Waals surface area contributed by atoms with Crippen LogP contribution in [-0.2, 0) is 0 Å². The zero-order valence-corrected chi connectivity index (χ0v) is 12.5. The van der Waals surface area contributed by atoms with Crippen molar-refractivity contribution in [2.45, 2.75) is 25.8 Å². The molecule has 1 fully saturated rings. The van der Waals surface area contributed by atoms with Crippen LogP contribution in [0.3, 0.4) is 0 Å². The summed E-state index contributed by atoms with van der Waals surface area (Å²) in [5.74, 6) is -0.214. The summed E-state index contributed by atoms with van der Waals surface area (Å²) < 4.78 is 13.7. The van der Waals surface area contributed by atoms with Gasteiger partial charge in [0.15, 0.2) is 0 Å². The van der Waals surface area contributed by atoms with Crippen molar-refractivity contribution in [3.63, 3.8) is 0 Å². The smallest absolute Gasteiger partial charge is 0.255 e. The van der Waals surface area contributed by atoms with Crippen LogP contribution in [-0.4, -0.2) is 29.9 Å². The SMILES string of the molecule is CCC1CN(C(=O)c2cccc(F)c2Br)CCC1N. The Morgan fingerprint density at radius 2 is 2.32 bits per heavy atom. The first-order chi connectivity index (χ1) is 9.04. The first-order valence-corrected chi connectivity index (χ1v) is 7.32. The quantitative estimate of drug-likeness (QED) is 0.907. The molecule has 1 amide bonds. The molecule has 3 nitrogen and oxygen atoms in total. The number of hydrogen-bond acceptors (Lipinski definition) is 2. The standard InChI is InChI=1S/C14H18BrFN2O/c1-2-9-8-18(7-6-12(9)17)14(19)10-4-3-5-11(16)13(10)15/h3-5,9,12H,2,6-8,17H2,1H3. The summed E-state index contributed by atoms with van der Waals surface area (Å²) in [5, 5.41) is 0. The van der Waals surface area contributed by atoms with Crippen LogP contribution >= 0.6 is 15.9 Å². The Morgan fingerprint density at radius 3 is 3.00 bits per heavy atom. The van der Waals surface area contributed by atoms with Crippen molar-refractivity contribution >= 4 is 21.8 Å². The lowest BCUT2D eigenvalue weighted by atomic mass is 9.90. The van der Waals surface area contributed by atoms with Gasteiger partial charge in [0.2, 0.25) is 0 Å². The largest absolute Gasteiger partial charge is 0.338 e. The average molecular weight is 329 g/mol. The first-order valence-electron chi connectivity index (χ1n) is 6.53. The number of halogens is 2. The monoisotopic (exact) mass is 328 g/mol. The molecule has 1 aliphatic heterocycles. The minimum absolute atomic E-state index is 0.128. The molecule has 0 saturated carbocycles. The molecule has 2 atom stereocenters. The molecule has 1 aromatic rings. The second-order valence-electron chi connectivity index (χ2n) is 4.97. The molecule has 1 aromatic carbocycles. The highest BCUT2D eigenvalue weighted by Crippen LogP contribution is 2.25. The number of piperidine rings is 1. The van der Waals surface area contributed by atoms with Crippen molar-refractivity contribution in [1.82, 2.24) is 4.90 Å². The molecule has 1 aliphatic rings. The van der Waals surface area contributed by atoms with Crippen molar-refractivity contribution in [3.05, 3.63) is 34.1 Å². The van der Waals surface area contributed by atoms with Gasteiger partial charge in [-0.15, -0.1) is 0 Å². The molecular weight excluding hydrogens is 311 g/mol. The molecule has 0 aromatic heterocycles. The van der Waals surface area contributed by atoms with Gasteiger partial charge in [0, 0.05) is 19.1 Å². The Morgan fingerprint density at radius 1 is 1.58 bits per heavy atom. The van der Waals surface area contributed by atoms with Gasteiger partial charge in [-0.1, -0.05) is 19.4 Å². The Bertz CT molecular complexity index is 481. The minimum Gasteiger partial charge on any atom is -0.338 e. The highest BCUT2D eigenvalue weighted by molar-refractivity contribution is 9.10. The van der Waals surface area contributed by atoms with Gasteiger partial charge in [-0.05, 0) is 40.4 Å². The van der Waals surface area contributed by atoms with Gasteiger partial charge < -0.3 is 10.6 Å². The molecular formula is C14H18BrFN2O. The van der Waals surface area contributed by atoms with E-state index in [1.807, 2.05) is 0 Å². The van der Waals surface area contributed by atoms with Crippen molar-refractivity contribution < 1.29 is 9.18 Å². The van der Waals surface area contributed by atoms with Crippen LogP contribution in [0.5, 0.6) is 0 Å². The van der Waals surface area contributed by atoms with Crippen molar-refractivity contribution in [3.8, 4) is 0 Å². The summed E-state index contributed by atoms with van der Waals surface area (Å²) in [6.07, 6.45) is 1.76. The Balaban J connectivity index is 2.18. The molecule has 0 radical (unpaired) electrons. The van der Waals surface area contributed by atoms with Gasteiger partial charge in [0.1, 0.15) is 5.82 Å². The molecule has 0 spiro atoms. The molecule has 2 rings (SSSR count). The zero-order chi connectivity index (χ0) is 14.0. The summed E-state index contributed by atoms with van der Waals surface area (Å²) in [7, 11) is 0. The molecule has 1 heterocycles. The second kappa shape index (κ2) is 6.01. The Kier molecular flexibility index (Phi) is 4.58. The summed E-state index contributed by atoms with van der Waals surface area (Å²) in [6, 6.07) is 4.69. The van der Waals surface area contributed by atoms with E-state index in [1.54, 1.807) is 17.0 Å². The van der Waals surface area contributed by atoms with Crippen LogP contribution in [0.4, 0.5) is 4.39 Å². The number of benzene rings is 1. The lowest BCUT2D eigenvalue weighted by molar-refractivity contribution is 0.0647. The van der Waals surface area contributed by atoms with Crippen molar-refractivity contribution in [2.24, 2.45) is 11.7 Å². The predicted molar refractivity (Wildman–Crippen MR) is 76.4 cm³/mol. The Labute approximate surface area is 121 Å². The minimum atomic E-state index is -0.411. The molecule has 104 valence electrons. The lowest BCUT2D eigenvalue weighted by Crippen LogP contribution is -2.49. The summed E-state index contributed by atoms with van der Waals surface area (Å²) in [4.78, 5) is 14.2. The number of carbonyl (C=O) groups is 1. The van der Waals surface area contributed by atoms with E-state index in [1.165, 1.54) is 6.07 Å². The fraction of sp³-hybridized carbons (Fsp3) is 0.500. The van der Waals surface area contributed by atoms with E-state index in [2.05, 4.69) is 22.9 Å². The highest BCUT2D eigenvalue weighted by atomic mass is 79.9. The van der Waals surface area contributed by atoms with Crippen LogP contribution in [0.1, 0.15) is 30.1 Å². The molecule has 0 bridgehead atoms. The van der Waals surface area contributed by atoms with Gasteiger partial charge in [0.25, 0.3) is 5.91 Å². The van der Waals surface area contributed by atoms with E-state index >= 15 is 0 Å². The average Bonchev–Trinajstić information content (AvgIpc) is 2.41. The third kappa shape index (κ3) is 2.98. The normalized spacial score (nSPS) is 23.5. The lowest BCUT2D eigenvalue weighted by Gasteiger charge is -2.36. The van der Waals surface area contributed by atoms with Crippen molar-refractivity contribution in [2.75, 3.05) is 13.1 Å². The number of nitrogens with zero attached hydrogens (tertiary/aromatic N) is 1. The molecule has 2 unspecified atom stereocenters. The van der Waals surface area contributed by atoms with E-state index in [9.17, 15) is 9.18 Å². The van der Waals surface area contributed by atoms with Gasteiger partial charge in [-0.25, -0.2) is 4.39 Å². The van der Waals surface area contributed by atoms with Gasteiger partial charge in [0.05, 0.1) is 10.0 Å². The van der Waals surface area contributed by atoms with Gasteiger partial charge in [-0.3, -0.25) is 4.79 Å². The number of rotatable bonds is 2. The number of nitrogens with two attached hydrogens (primary N) is 1. The summed E-state index contributed by atoms with van der Waals surface area (Å²) in [5.41, 5.74) is 6.42. The zero-order valence-electron chi connectivity index (χ0n) is 10.9. The molecule has 1 saturated heterocycles. The van der Waals surface area contributed by atoms with Crippen LogP contribution in [0.2, 0.25) is 0 Å². The van der Waals surface area contributed by atoms with E-state index < -0.39 is 5.82 Å². The van der Waals surface area contributed by atoms with Crippen molar-refractivity contribution in [1.29, 1.82) is 0 Å². The van der Waals surface area contributed by atoms with Crippen LogP contribution in [0.15, 0.2) is 22.7 Å². The maximum absolute atomic E-state index is 13.5. The van der Waals surface area contributed by atoms with Gasteiger partial charge in [-0.2, -0.15) is 0 Å². The van der Waals surface area contributed by atoms with Crippen LogP contribution < -0.4 is 5.73 Å².